The number of anilines is 2. The fourth-order valence-corrected chi connectivity index (χ4v) is 4.40. The van der Waals surface area contributed by atoms with Crippen LogP contribution in [-0.4, -0.2) is 42.9 Å². The Morgan fingerprint density at radius 3 is 2.65 bits per heavy atom. The van der Waals surface area contributed by atoms with Crippen molar-refractivity contribution in [3.63, 3.8) is 0 Å². The Labute approximate surface area is 183 Å². The summed E-state index contributed by atoms with van der Waals surface area (Å²) in [6.07, 6.45) is 1.63. The van der Waals surface area contributed by atoms with Crippen LogP contribution in [0.4, 0.5) is 20.3 Å². The number of rotatable bonds is 4. The van der Waals surface area contributed by atoms with E-state index >= 15 is 0 Å². The molecule has 4 rings (SSSR count). The summed E-state index contributed by atoms with van der Waals surface area (Å²) < 4.78 is 40.2. The lowest BCUT2D eigenvalue weighted by molar-refractivity contribution is 0.0986. The molecule has 0 amide bonds. The Balaban J connectivity index is 1.74. The Bertz CT molecular complexity index is 932. The van der Waals surface area contributed by atoms with Gasteiger partial charge in [-0.05, 0) is 58.7 Å². The molecule has 2 saturated heterocycles. The molecule has 0 aliphatic carbocycles. The molecule has 0 radical (unpaired) electrons. The molecule has 3 heterocycles. The van der Waals surface area contributed by atoms with Gasteiger partial charge in [-0.15, -0.1) is 0 Å². The highest BCUT2D eigenvalue weighted by Crippen LogP contribution is 2.39. The van der Waals surface area contributed by atoms with Crippen LogP contribution in [0.5, 0.6) is 5.88 Å². The molecular weight excluding hydrogens is 400 g/mol. The number of hydrogen-bond acceptors (Lipinski definition) is 5. The molecular formula is C24H31F2N3O2. The number of aromatic nitrogens is 1. The first-order valence-electron chi connectivity index (χ1n) is 11.0. The minimum Gasteiger partial charge on any atom is -0.472 e. The highest BCUT2D eigenvalue weighted by Gasteiger charge is 2.31. The molecule has 31 heavy (non-hydrogen) atoms. The molecule has 2 aromatic rings. The van der Waals surface area contributed by atoms with Crippen LogP contribution in [0.2, 0.25) is 0 Å². The van der Waals surface area contributed by atoms with Gasteiger partial charge in [-0.2, -0.15) is 4.98 Å². The Kier molecular flexibility index (Phi) is 6.06. The SMILES string of the molecule is CC1COCCN1c1cc(OC(C)(C)C)nc(N2CCCC2c2cc(F)ccc2F)c1. The van der Waals surface area contributed by atoms with Crippen LogP contribution in [-0.2, 0) is 4.74 Å². The summed E-state index contributed by atoms with van der Waals surface area (Å²) in [5, 5.41) is 0. The van der Waals surface area contributed by atoms with E-state index in [0.717, 1.165) is 43.5 Å². The molecule has 0 spiro atoms. The van der Waals surface area contributed by atoms with E-state index in [-0.39, 0.29) is 17.9 Å². The van der Waals surface area contributed by atoms with Crippen LogP contribution in [0.3, 0.4) is 0 Å². The molecule has 1 aromatic carbocycles. The zero-order valence-corrected chi connectivity index (χ0v) is 18.7. The van der Waals surface area contributed by atoms with Gasteiger partial charge in [0.2, 0.25) is 5.88 Å². The zero-order valence-electron chi connectivity index (χ0n) is 18.7. The summed E-state index contributed by atoms with van der Waals surface area (Å²) in [4.78, 5) is 9.14. The maximum absolute atomic E-state index is 14.6. The summed E-state index contributed by atoms with van der Waals surface area (Å²) in [7, 11) is 0. The fraction of sp³-hybridized carbons (Fsp3) is 0.542. The third-order valence-corrected chi connectivity index (χ3v) is 5.75. The van der Waals surface area contributed by atoms with Crippen LogP contribution >= 0.6 is 0 Å². The molecule has 1 aromatic heterocycles. The van der Waals surface area contributed by atoms with Crippen LogP contribution in [0.1, 0.15) is 52.1 Å². The second kappa shape index (κ2) is 8.61. The van der Waals surface area contributed by atoms with Gasteiger partial charge in [0.15, 0.2) is 0 Å². The maximum atomic E-state index is 14.6. The van der Waals surface area contributed by atoms with E-state index < -0.39 is 11.4 Å². The number of hydrogen-bond donors (Lipinski definition) is 0. The molecule has 7 heteroatoms. The zero-order chi connectivity index (χ0) is 22.2. The van der Waals surface area contributed by atoms with Crippen LogP contribution < -0.4 is 14.5 Å². The second-order valence-corrected chi connectivity index (χ2v) is 9.37. The maximum Gasteiger partial charge on any atom is 0.217 e. The lowest BCUT2D eigenvalue weighted by Crippen LogP contribution is -2.43. The summed E-state index contributed by atoms with van der Waals surface area (Å²) >= 11 is 0. The third-order valence-electron chi connectivity index (χ3n) is 5.75. The Hall–Kier alpha value is -2.41. The van der Waals surface area contributed by atoms with Gasteiger partial charge in [0, 0.05) is 42.5 Å². The summed E-state index contributed by atoms with van der Waals surface area (Å²) in [5.74, 6) is 0.442. The first-order valence-corrected chi connectivity index (χ1v) is 11.0. The topological polar surface area (TPSA) is 37.8 Å². The van der Waals surface area contributed by atoms with E-state index in [4.69, 9.17) is 14.5 Å². The van der Waals surface area contributed by atoms with Gasteiger partial charge in [0.1, 0.15) is 23.1 Å². The van der Waals surface area contributed by atoms with Crippen molar-refractivity contribution in [2.75, 3.05) is 36.1 Å². The van der Waals surface area contributed by atoms with Crippen molar-refractivity contribution in [3.8, 4) is 5.88 Å². The van der Waals surface area contributed by atoms with Gasteiger partial charge in [-0.3, -0.25) is 0 Å². The van der Waals surface area contributed by atoms with Crippen molar-refractivity contribution < 1.29 is 18.3 Å². The summed E-state index contributed by atoms with van der Waals surface area (Å²) in [6, 6.07) is 7.63. The average molecular weight is 432 g/mol. The molecule has 2 aliphatic rings. The van der Waals surface area contributed by atoms with Crippen LogP contribution in [0.15, 0.2) is 30.3 Å². The van der Waals surface area contributed by atoms with Gasteiger partial charge >= 0.3 is 0 Å². The Morgan fingerprint density at radius 2 is 1.90 bits per heavy atom. The molecule has 0 bridgehead atoms. The molecule has 0 saturated carbocycles. The van der Waals surface area contributed by atoms with Crippen molar-refractivity contribution in [2.45, 2.75) is 58.2 Å². The predicted molar refractivity (Wildman–Crippen MR) is 118 cm³/mol. The number of benzene rings is 1. The molecule has 2 unspecified atom stereocenters. The van der Waals surface area contributed by atoms with Crippen molar-refractivity contribution in [1.82, 2.24) is 4.98 Å². The van der Waals surface area contributed by atoms with Crippen molar-refractivity contribution in [2.24, 2.45) is 0 Å². The highest BCUT2D eigenvalue weighted by atomic mass is 19.1. The fourth-order valence-electron chi connectivity index (χ4n) is 4.40. The molecule has 2 aliphatic heterocycles. The monoisotopic (exact) mass is 431 g/mol. The van der Waals surface area contributed by atoms with E-state index in [9.17, 15) is 8.78 Å². The van der Waals surface area contributed by atoms with E-state index in [1.807, 2.05) is 32.9 Å². The number of ether oxygens (including phenoxy) is 2. The van der Waals surface area contributed by atoms with Gasteiger partial charge in [0.05, 0.1) is 19.3 Å². The second-order valence-electron chi connectivity index (χ2n) is 9.37. The standard InChI is InChI=1S/C24H31F2N3O2/c1-16-15-30-11-10-28(16)18-13-22(27-23(14-18)31-24(2,3)4)29-9-5-6-21(29)19-12-17(25)7-8-20(19)26/h7-8,12-14,16,21H,5-6,9-11,15H2,1-4H3. The van der Waals surface area contributed by atoms with Crippen LogP contribution in [0.25, 0.3) is 0 Å². The first kappa shape index (κ1) is 21.8. The smallest absolute Gasteiger partial charge is 0.217 e. The number of halogens is 2. The number of nitrogens with zero attached hydrogens (tertiary/aromatic N) is 3. The summed E-state index contributed by atoms with van der Waals surface area (Å²) in [5.41, 5.74) is 0.978. The van der Waals surface area contributed by atoms with E-state index in [2.05, 4.69) is 16.7 Å². The molecule has 2 atom stereocenters. The molecule has 168 valence electrons. The lowest BCUT2D eigenvalue weighted by Gasteiger charge is -2.36. The quantitative estimate of drug-likeness (QED) is 0.673. The van der Waals surface area contributed by atoms with Crippen molar-refractivity contribution in [3.05, 3.63) is 47.5 Å². The minimum absolute atomic E-state index is 0.224. The number of morpholine rings is 1. The predicted octanol–water partition coefficient (Wildman–Crippen LogP) is 5.10. The van der Waals surface area contributed by atoms with Gasteiger partial charge in [-0.1, -0.05) is 0 Å². The van der Waals surface area contributed by atoms with Gasteiger partial charge in [-0.25, -0.2) is 8.78 Å². The summed E-state index contributed by atoms with van der Waals surface area (Å²) in [6.45, 7) is 10.9. The molecule has 2 fully saturated rings. The molecule has 5 nitrogen and oxygen atoms in total. The normalized spacial score (nSPS) is 22.1. The van der Waals surface area contributed by atoms with E-state index in [1.165, 1.54) is 12.1 Å². The Morgan fingerprint density at radius 1 is 1.10 bits per heavy atom. The minimum atomic E-state index is -0.427. The largest absolute Gasteiger partial charge is 0.472 e. The highest BCUT2D eigenvalue weighted by molar-refractivity contribution is 5.60. The third kappa shape index (κ3) is 4.92. The van der Waals surface area contributed by atoms with Crippen molar-refractivity contribution >= 4 is 11.5 Å². The van der Waals surface area contributed by atoms with E-state index in [1.54, 1.807) is 0 Å². The first-order chi connectivity index (χ1) is 14.7. The average Bonchev–Trinajstić information content (AvgIpc) is 3.18. The van der Waals surface area contributed by atoms with Gasteiger partial charge in [0.25, 0.3) is 0 Å². The lowest BCUT2D eigenvalue weighted by atomic mass is 10.0. The number of pyridine rings is 1. The van der Waals surface area contributed by atoms with Crippen molar-refractivity contribution in [1.29, 1.82) is 0 Å². The molecule has 0 N–H and O–H groups in total. The van der Waals surface area contributed by atoms with Gasteiger partial charge < -0.3 is 19.3 Å². The van der Waals surface area contributed by atoms with Crippen LogP contribution in [0, 0.1) is 11.6 Å². The van der Waals surface area contributed by atoms with E-state index in [0.29, 0.717) is 24.7 Å².